The van der Waals surface area contributed by atoms with Gasteiger partial charge in [0.15, 0.2) is 5.84 Å². The summed E-state index contributed by atoms with van der Waals surface area (Å²) in [4.78, 5) is 16.1. The highest BCUT2D eigenvalue weighted by molar-refractivity contribution is 6.49. The van der Waals surface area contributed by atoms with Crippen molar-refractivity contribution in [3.63, 3.8) is 0 Å². The molecule has 4 nitrogen and oxygen atoms in total. The Labute approximate surface area is 58.1 Å². The van der Waals surface area contributed by atoms with Gasteiger partial charge in [-0.15, -0.1) is 0 Å². The maximum atomic E-state index is 4.09. The zero-order valence-electron chi connectivity index (χ0n) is 5.57. The Morgan fingerprint density at radius 1 is 1.50 bits per heavy atom. The van der Waals surface area contributed by atoms with Crippen molar-refractivity contribution < 1.29 is 0 Å². The molecule has 0 amide bonds. The third kappa shape index (κ3) is 0.689. The lowest BCUT2D eigenvalue weighted by Crippen LogP contribution is -2.18. The zero-order chi connectivity index (χ0) is 6.97. The molecular weight excluding hydrogens is 128 g/mol. The first-order chi connectivity index (χ1) is 4.86. The quantitative estimate of drug-likeness (QED) is 0.457. The molecule has 0 radical (unpaired) electrons. The van der Waals surface area contributed by atoms with Gasteiger partial charge in [0.05, 0.1) is 6.54 Å². The summed E-state index contributed by atoms with van der Waals surface area (Å²) in [7, 11) is 0. The first-order valence-corrected chi connectivity index (χ1v) is 3.05. The lowest BCUT2D eigenvalue weighted by Gasteiger charge is -2.03. The van der Waals surface area contributed by atoms with E-state index in [0.29, 0.717) is 6.54 Å². The monoisotopic (exact) mass is 134 g/mol. The van der Waals surface area contributed by atoms with Gasteiger partial charge in [0.2, 0.25) is 0 Å². The molecule has 2 rings (SSSR count). The van der Waals surface area contributed by atoms with Crippen molar-refractivity contribution in [3.05, 3.63) is 0 Å². The molecule has 0 saturated carbocycles. The summed E-state index contributed by atoms with van der Waals surface area (Å²) in [5.41, 5.74) is 0.880. The van der Waals surface area contributed by atoms with Crippen LogP contribution in [-0.2, 0) is 0 Å². The maximum absolute atomic E-state index is 4.09. The summed E-state index contributed by atoms with van der Waals surface area (Å²) in [6, 6.07) is 0. The molecule has 0 aliphatic carbocycles. The van der Waals surface area contributed by atoms with Crippen molar-refractivity contribution in [3.8, 4) is 0 Å². The fourth-order valence-electron chi connectivity index (χ4n) is 0.868. The van der Waals surface area contributed by atoms with Crippen molar-refractivity contribution in [2.45, 2.75) is 6.92 Å². The van der Waals surface area contributed by atoms with E-state index in [4.69, 9.17) is 0 Å². The molecule has 4 heteroatoms. The molecule has 2 heterocycles. The Kier molecular flexibility index (Phi) is 1.00. The van der Waals surface area contributed by atoms with Gasteiger partial charge in [0.25, 0.3) is 0 Å². The second-order valence-corrected chi connectivity index (χ2v) is 2.12. The summed E-state index contributed by atoms with van der Waals surface area (Å²) >= 11 is 0. The van der Waals surface area contributed by atoms with E-state index in [2.05, 4.69) is 20.0 Å². The third-order valence-corrected chi connectivity index (χ3v) is 1.38. The number of aliphatic imine (C=N–C) groups is 4. The number of hydrogen-bond donors (Lipinski definition) is 0. The van der Waals surface area contributed by atoms with E-state index >= 15 is 0 Å². The molecule has 0 fully saturated rings. The Morgan fingerprint density at radius 3 is 3.30 bits per heavy atom. The molecule has 0 atom stereocenters. The van der Waals surface area contributed by atoms with E-state index in [9.17, 15) is 0 Å². The van der Waals surface area contributed by atoms with Crippen LogP contribution in [0.25, 0.3) is 0 Å². The summed E-state index contributed by atoms with van der Waals surface area (Å²) in [6.07, 6.45) is 1.52. The van der Waals surface area contributed by atoms with Gasteiger partial charge < -0.3 is 0 Å². The van der Waals surface area contributed by atoms with Crippen molar-refractivity contribution in [2.24, 2.45) is 20.0 Å². The van der Waals surface area contributed by atoms with E-state index in [-0.39, 0.29) is 0 Å². The number of rotatable bonds is 0. The lowest BCUT2D eigenvalue weighted by atomic mass is 10.3. The van der Waals surface area contributed by atoms with Crippen LogP contribution in [0, 0.1) is 0 Å². The summed E-state index contributed by atoms with van der Waals surface area (Å²) < 4.78 is 0. The van der Waals surface area contributed by atoms with Gasteiger partial charge in [0, 0.05) is 0 Å². The topological polar surface area (TPSA) is 49.4 Å². The van der Waals surface area contributed by atoms with Crippen molar-refractivity contribution in [2.75, 3.05) is 6.54 Å². The molecule has 50 valence electrons. The molecule has 2 aliphatic heterocycles. The predicted molar refractivity (Wildman–Crippen MR) is 41.3 cm³/mol. The van der Waals surface area contributed by atoms with Crippen LogP contribution in [0.4, 0.5) is 0 Å². The maximum Gasteiger partial charge on any atom is 0.179 e. The Balaban J connectivity index is 2.43. The molecule has 0 spiro atoms. The van der Waals surface area contributed by atoms with Crippen molar-refractivity contribution in [1.82, 2.24) is 0 Å². The minimum absolute atomic E-state index is 0.630. The number of nitrogens with zero attached hydrogens (tertiary/aromatic N) is 4. The van der Waals surface area contributed by atoms with Gasteiger partial charge in [-0.2, -0.15) is 0 Å². The molecule has 0 aromatic heterocycles. The normalized spacial score (nSPS) is 21.5. The molecule has 2 aliphatic rings. The van der Waals surface area contributed by atoms with Gasteiger partial charge in [-0.25, -0.2) is 15.0 Å². The number of hydrogen-bond acceptors (Lipinski definition) is 4. The SMILES string of the molecule is CC1=NCC2=NC=NC2=N1. The Bertz CT molecular complexity index is 282. The number of fused-ring (bicyclic) bond motifs is 1. The fourth-order valence-corrected chi connectivity index (χ4v) is 0.868. The van der Waals surface area contributed by atoms with Crippen LogP contribution in [-0.4, -0.2) is 30.3 Å². The average molecular weight is 134 g/mol. The van der Waals surface area contributed by atoms with Crippen LogP contribution >= 0.6 is 0 Å². The first-order valence-electron chi connectivity index (χ1n) is 3.05. The van der Waals surface area contributed by atoms with Crippen molar-refractivity contribution >= 4 is 23.7 Å². The van der Waals surface area contributed by atoms with Gasteiger partial charge in [-0.1, -0.05) is 0 Å². The summed E-state index contributed by atoms with van der Waals surface area (Å²) in [5.74, 6) is 1.51. The zero-order valence-corrected chi connectivity index (χ0v) is 5.57. The average Bonchev–Trinajstić information content (AvgIpc) is 2.33. The molecular formula is C6H6N4. The highest BCUT2D eigenvalue weighted by atomic mass is 15.1. The fraction of sp³-hybridized carbons (Fsp3) is 0.333. The first kappa shape index (κ1) is 5.46. The highest BCUT2D eigenvalue weighted by Gasteiger charge is 2.14. The molecule has 0 unspecified atom stereocenters. The van der Waals surface area contributed by atoms with Crippen molar-refractivity contribution in [1.29, 1.82) is 0 Å². The largest absolute Gasteiger partial charge is 0.264 e. The predicted octanol–water partition coefficient (Wildman–Crippen LogP) is 0.300. The van der Waals surface area contributed by atoms with Gasteiger partial charge in [-0.3, -0.25) is 4.99 Å². The molecule has 0 N–H and O–H groups in total. The second kappa shape index (κ2) is 1.83. The van der Waals surface area contributed by atoms with E-state index in [1.807, 2.05) is 6.92 Å². The van der Waals surface area contributed by atoms with Gasteiger partial charge in [-0.05, 0) is 6.92 Å². The summed E-state index contributed by atoms with van der Waals surface area (Å²) in [6.45, 7) is 2.49. The van der Waals surface area contributed by atoms with Crippen LogP contribution in [0.2, 0.25) is 0 Å². The third-order valence-electron chi connectivity index (χ3n) is 1.38. The second-order valence-electron chi connectivity index (χ2n) is 2.12. The minimum atomic E-state index is 0.630. The van der Waals surface area contributed by atoms with E-state index in [1.165, 1.54) is 6.34 Å². The van der Waals surface area contributed by atoms with E-state index < -0.39 is 0 Å². The standard InChI is InChI=1S/C6H6N4/c1-4-7-2-5-6(10-4)9-3-8-5/h3H,2H2,1H3. The molecule has 0 bridgehead atoms. The van der Waals surface area contributed by atoms with Crippen LogP contribution in [0.5, 0.6) is 0 Å². The van der Waals surface area contributed by atoms with E-state index in [1.54, 1.807) is 0 Å². The van der Waals surface area contributed by atoms with Gasteiger partial charge in [0.1, 0.15) is 17.9 Å². The highest BCUT2D eigenvalue weighted by Crippen LogP contribution is 2.01. The van der Waals surface area contributed by atoms with Gasteiger partial charge >= 0.3 is 0 Å². The van der Waals surface area contributed by atoms with Crippen LogP contribution in [0.15, 0.2) is 20.0 Å². The molecule has 10 heavy (non-hydrogen) atoms. The Hall–Kier alpha value is -1.32. The minimum Gasteiger partial charge on any atom is -0.264 e. The lowest BCUT2D eigenvalue weighted by molar-refractivity contribution is 1.25. The molecule has 0 aromatic carbocycles. The Morgan fingerprint density at radius 2 is 2.40 bits per heavy atom. The molecule has 0 saturated heterocycles. The van der Waals surface area contributed by atoms with Crippen LogP contribution in [0.1, 0.15) is 6.92 Å². The summed E-state index contributed by atoms with van der Waals surface area (Å²) in [5, 5.41) is 0. The smallest absolute Gasteiger partial charge is 0.179 e. The number of amidine groups is 2. The van der Waals surface area contributed by atoms with Crippen LogP contribution < -0.4 is 0 Å². The van der Waals surface area contributed by atoms with E-state index in [0.717, 1.165) is 17.4 Å². The van der Waals surface area contributed by atoms with Crippen LogP contribution in [0.3, 0.4) is 0 Å². The molecule has 0 aromatic rings.